The summed E-state index contributed by atoms with van der Waals surface area (Å²) in [5.74, 6) is -0.856. The lowest BCUT2D eigenvalue weighted by atomic mass is 10.0. The number of aromatic carboxylic acids is 1. The van der Waals surface area contributed by atoms with Gasteiger partial charge < -0.3 is 20.3 Å². The number of likely N-dealkylation sites (tertiary alicyclic amines) is 1. The molecular formula is C27H24N4O4. The second-order valence-electron chi connectivity index (χ2n) is 8.55. The summed E-state index contributed by atoms with van der Waals surface area (Å²) in [5, 5.41) is 12.4. The summed E-state index contributed by atoms with van der Waals surface area (Å²) in [6.07, 6.45) is 2.95. The molecule has 0 spiro atoms. The lowest BCUT2D eigenvalue weighted by Gasteiger charge is -2.25. The Balaban J connectivity index is 1.29. The maximum atomic E-state index is 13.2. The van der Waals surface area contributed by atoms with E-state index in [4.69, 9.17) is 0 Å². The Morgan fingerprint density at radius 2 is 1.77 bits per heavy atom. The summed E-state index contributed by atoms with van der Waals surface area (Å²) in [4.78, 5) is 45.9. The molecule has 2 aromatic carbocycles. The number of aromatic nitrogens is 2. The molecule has 1 fully saturated rings. The molecule has 0 aliphatic carbocycles. The first-order valence-electron chi connectivity index (χ1n) is 11.5. The molecule has 0 bridgehead atoms. The van der Waals surface area contributed by atoms with Crippen LogP contribution in [0.25, 0.3) is 22.2 Å². The Morgan fingerprint density at radius 3 is 2.51 bits per heavy atom. The van der Waals surface area contributed by atoms with E-state index in [2.05, 4.69) is 15.3 Å². The predicted molar refractivity (Wildman–Crippen MR) is 134 cm³/mol. The molecule has 5 rings (SSSR count). The third-order valence-electron chi connectivity index (χ3n) is 6.35. The summed E-state index contributed by atoms with van der Waals surface area (Å²) in [5.41, 5.74) is 2.35. The zero-order valence-corrected chi connectivity index (χ0v) is 18.9. The smallest absolute Gasteiger partial charge is 0.341 e. The monoisotopic (exact) mass is 468 g/mol. The van der Waals surface area contributed by atoms with Crippen LogP contribution in [0.5, 0.6) is 0 Å². The van der Waals surface area contributed by atoms with Crippen LogP contribution >= 0.6 is 0 Å². The van der Waals surface area contributed by atoms with E-state index in [0.717, 1.165) is 24.0 Å². The van der Waals surface area contributed by atoms with Crippen molar-refractivity contribution in [2.24, 2.45) is 0 Å². The highest BCUT2D eigenvalue weighted by molar-refractivity contribution is 5.95. The number of hydrogen-bond donors (Lipinski definition) is 3. The van der Waals surface area contributed by atoms with Crippen molar-refractivity contribution in [1.29, 1.82) is 0 Å². The van der Waals surface area contributed by atoms with Crippen molar-refractivity contribution in [2.45, 2.75) is 18.9 Å². The molecular weight excluding hydrogens is 444 g/mol. The molecule has 1 aliphatic heterocycles. The first-order chi connectivity index (χ1) is 17.0. The van der Waals surface area contributed by atoms with Gasteiger partial charge in [-0.25, -0.2) is 9.78 Å². The van der Waals surface area contributed by atoms with Gasteiger partial charge >= 0.3 is 5.97 Å². The quantitative estimate of drug-likeness (QED) is 0.394. The number of aromatic amines is 1. The highest BCUT2D eigenvalue weighted by Crippen LogP contribution is 2.24. The largest absolute Gasteiger partial charge is 0.477 e. The number of carboxylic acid groups (broad SMARTS) is 1. The molecule has 1 atom stereocenters. The zero-order valence-electron chi connectivity index (χ0n) is 18.9. The average Bonchev–Trinajstić information content (AvgIpc) is 3.36. The molecule has 1 unspecified atom stereocenters. The first kappa shape index (κ1) is 22.3. The van der Waals surface area contributed by atoms with Gasteiger partial charge in [-0.3, -0.25) is 9.59 Å². The Morgan fingerprint density at radius 1 is 1.03 bits per heavy atom. The number of nitrogens with one attached hydrogen (secondary N) is 2. The van der Waals surface area contributed by atoms with Crippen molar-refractivity contribution in [3.63, 3.8) is 0 Å². The number of H-pyrrole nitrogens is 1. The standard InChI is InChI=1S/C27H24N4O4/c32-25-21(27(34)35)16-28-22-12-13-23(30-24(22)25)29-15-20-7-4-14-31(20)26(33)19-10-8-18(9-11-19)17-5-2-1-3-6-17/h1-3,5-6,8-13,16,20H,4,7,14-15H2,(H,28,32)(H,29,30)(H,34,35). The number of anilines is 1. The summed E-state index contributed by atoms with van der Waals surface area (Å²) < 4.78 is 0. The number of hydrogen-bond acceptors (Lipinski definition) is 5. The Labute approximate surface area is 201 Å². The van der Waals surface area contributed by atoms with Crippen molar-refractivity contribution in [2.75, 3.05) is 18.4 Å². The number of pyridine rings is 2. The SMILES string of the molecule is O=C(O)c1c[nH]c2ccc(NCC3CCCN3C(=O)c3ccc(-c4ccccc4)cc3)nc2c1=O. The van der Waals surface area contributed by atoms with Gasteiger partial charge in [-0.2, -0.15) is 0 Å². The van der Waals surface area contributed by atoms with Gasteiger partial charge in [-0.15, -0.1) is 0 Å². The molecule has 4 aromatic rings. The van der Waals surface area contributed by atoms with Gasteiger partial charge in [0.05, 0.1) is 5.52 Å². The molecule has 35 heavy (non-hydrogen) atoms. The van der Waals surface area contributed by atoms with Gasteiger partial charge in [0.2, 0.25) is 5.43 Å². The maximum Gasteiger partial charge on any atom is 0.341 e. The number of carbonyl (C=O) groups excluding carboxylic acids is 1. The van der Waals surface area contributed by atoms with Gasteiger partial charge in [0.15, 0.2) is 0 Å². The minimum absolute atomic E-state index is 0.0112. The fraction of sp³-hybridized carbons (Fsp3) is 0.185. The lowest BCUT2D eigenvalue weighted by molar-refractivity contribution is 0.0693. The summed E-state index contributed by atoms with van der Waals surface area (Å²) in [6, 6.07) is 21.1. The molecule has 8 nitrogen and oxygen atoms in total. The lowest BCUT2D eigenvalue weighted by Crippen LogP contribution is -2.39. The highest BCUT2D eigenvalue weighted by atomic mass is 16.4. The maximum absolute atomic E-state index is 13.2. The zero-order chi connectivity index (χ0) is 24.4. The number of fused-ring (bicyclic) bond motifs is 1. The van der Waals surface area contributed by atoms with Gasteiger partial charge in [-0.1, -0.05) is 42.5 Å². The van der Waals surface area contributed by atoms with Gasteiger partial charge in [0.1, 0.15) is 16.9 Å². The van der Waals surface area contributed by atoms with Gasteiger partial charge in [0.25, 0.3) is 5.91 Å². The molecule has 0 radical (unpaired) electrons. The fourth-order valence-electron chi connectivity index (χ4n) is 4.49. The van der Waals surface area contributed by atoms with E-state index in [1.807, 2.05) is 59.5 Å². The second kappa shape index (κ2) is 9.42. The van der Waals surface area contributed by atoms with Crippen molar-refractivity contribution in [3.8, 4) is 11.1 Å². The van der Waals surface area contributed by atoms with Crippen LogP contribution in [-0.4, -0.2) is 51.0 Å². The number of nitrogens with zero attached hydrogens (tertiary/aromatic N) is 2. The Bertz CT molecular complexity index is 1450. The second-order valence-corrected chi connectivity index (χ2v) is 8.55. The van der Waals surface area contributed by atoms with E-state index in [1.54, 1.807) is 12.1 Å². The number of rotatable bonds is 6. The molecule has 0 saturated carbocycles. The number of carboxylic acids is 1. The molecule has 8 heteroatoms. The van der Waals surface area contributed by atoms with E-state index in [9.17, 15) is 19.5 Å². The van der Waals surface area contributed by atoms with Gasteiger partial charge in [0, 0.05) is 30.9 Å². The minimum Gasteiger partial charge on any atom is -0.477 e. The Hall–Kier alpha value is -4.46. The third kappa shape index (κ3) is 4.50. The van der Waals surface area contributed by atoms with Crippen LogP contribution in [0.1, 0.15) is 33.6 Å². The van der Waals surface area contributed by atoms with Crippen LogP contribution in [0.2, 0.25) is 0 Å². The molecule has 1 aliphatic rings. The predicted octanol–water partition coefficient (Wildman–Crippen LogP) is 4.01. The van der Waals surface area contributed by atoms with E-state index < -0.39 is 11.4 Å². The molecule has 3 N–H and O–H groups in total. The van der Waals surface area contributed by atoms with Gasteiger partial charge in [-0.05, 0) is 48.2 Å². The summed E-state index contributed by atoms with van der Waals surface area (Å²) in [6.45, 7) is 1.15. The van der Waals surface area contributed by atoms with E-state index in [0.29, 0.717) is 30.0 Å². The average molecular weight is 469 g/mol. The van der Waals surface area contributed by atoms with Crippen LogP contribution in [0.4, 0.5) is 5.82 Å². The van der Waals surface area contributed by atoms with E-state index in [-0.39, 0.29) is 23.0 Å². The van der Waals surface area contributed by atoms with Crippen molar-refractivity contribution >= 4 is 28.7 Å². The number of carbonyl (C=O) groups is 2. The summed E-state index contributed by atoms with van der Waals surface area (Å²) in [7, 11) is 0. The molecule has 1 amide bonds. The Kier molecular flexibility index (Phi) is 6.01. The van der Waals surface area contributed by atoms with Crippen LogP contribution in [-0.2, 0) is 0 Å². The van der Waals surface area contributed by atoms with Crippen LogP contribution < -0.4 is 10.7 Å². The van der Waals surface area contributed by atoms with Crippen LogP contribution in [0.3, 0.4) is 0 Å². The van der Waals surface area contributed by atoms with Crippen LogP contribution in [0, 0.1) is 0 Å². The fourth-order valence-corrected chi connectivity index (χ4v) is 4.49. The van der Waals surface area contributed by atoms with Crippen molar-refractivity contribution < 1.29 is 14.7 Å². The topological polar surface area (TPSA) is 115 Å². The molecule has 3 heterocycles. The van der Waals surface area contributed by atoms with Crippen LogP contribution in [0.15, 0.2) is 77.7 Å². The highest BCUT2D eigenvalue weighted by Gasteiger charge is 2.29. The minimum atomic E-state index is -1.30. The first-order valence-corrected chi connectivity index (χ1v) is 11.5. The van der Waals surface area contributed by atoms with Crippen molar-refractivity contribution in [3.05, 3.63) is 94.3 Å². The molecule has 2 aromatic heterocycles. The third-order valence-corrected chi connectivity index (χ3v) is 6.35. The summed E-state index contributed by atoms with van der Waals surface area (Å²) >= 11 is 0. The van der Waals surface area contributed by atoms with E-state index in [1.165, 1.54) is 6.20 Å². The number of benzene rings is 2. The number of amides is 1. The van der Waals surface area contributed by atoms with Crippen molar-refractivity contribution in [1.82, 2.24) is 14.9 Å². The normalized spacial score (nSPS) is 15.3. The molecule has 176 valence electrons. The molecule has 1 saturated heterocycles. The van der Waals surface area contributed by atoms with E-state index >= 15 is 0 Å².